The molecule has 0 aliphatic carbocycles. The number of benzene rings is 2. The third-order valence-electron chi connectivity index (χ3n) is 7.91. The average molecular weight is 537 g/mol. The van der Waals surface area contributed by atoms with Crippen LogP contribution in [0.5, 0.6) is 11.5 Å². The Morgan fingerprint density at radius 1 is 1.05 bits per heavy atom. The first-order valence-electron chi connectivity index (χ1n) is 14.3. The van der Waals surface area contributed by atoms with Crippen molar-refractivity contribution in [1.82, 2.24) is 30.4 Å². The lowest BCUT2D eigenvalue weighted by atomic mass is 9.97. The quantitative estimate of drug-likeness (QED) is 0.317. The first-order valence-corrected chi connectivity index (χ1v) is 14.3. The monoisotopic (exact) mass is 536 g/mol. The van der Waals surface area contributed by atoms with Crippen LogP contribution in [-0.4, -0.2) is 50.6 Å². The molecular formula is C32H36N6O2. The fraction of sp³-hybridized carbons (Fsp3) is 0.406. The summed E-state index contributed by atoms with van der Waals surface area (Å²) in [7, 11) is 0. The number of hydrogen-bond donors (Lipinski definition) is 1. The molecule has 2 aromatic carbocycles. The van der Waals surface area contributed by atoms with Crippen LogP contribution in [0.2, 0.25) is 0 Å². The molecule has 1 atom stereocenters. The number of carbonyl (C=O) groups is 1. The van der Waals surface area contributed by atoms with Gasteiger partial charge in [-0.1, -0.05) is 20.8 Å². The second-order valence-corrected chi connectivity index (χ2v) is 11.5. The van der Waals surface area contributed by atoms with Gasteiger partial charge in [0.05, 0.1) is 16.9 Å². The van der Waals surface area contributed by atoms with Crippen LogP contribution in [0, 0.1) is 5.92 Å². The van der Waals surface area contributed by atoms with E-state index >= 15 is 0 Å². The highest BCUT2D eigenvalue weighted by molar-refractivity contribution is 5.82. The molecule has 2 aromatic heterocycles. The zero-order valence-electron chi connectivity index (χ0n) is 23.4. The Morgan fingerprint density at radius 2 is 1.85 bits per heavy atom. The van der Waals surface area contributed by atoms with Crippen LogP contribution in [0.15, 0.2) is 54.7 Å². The van der Waals surface area contributed by atoms with Gasteiger partial charge >= 0.3 is 0 Å². The predicted octanol–water partition coefficient (Wildman–Crippen LogP) is 5.84. The van der Waals surface area contributed by atoms with Crippen LogP contribution >= 0.6 is 0 Å². The molecule has 4 heterocycles. The van der Waals surface area contributed by atoms with Crippen molar-refractivity contribution in [2.75, 3.05) is 19.6 Å². The van der Waals surface area contributed by atoms with E-state index in [0.717, 1.165) is 71.7 Å². The van der Waals surface area contributed by atoms with E-state index in [1.165, 1.54) is 0 Å². The molecule has 4 aromatic rings. The molecule has 2 aliphatic heterocycles. The number of piperidine rings is 1. The Balaban J connectivity index is 1.30. The van der Waals surface area contributed by atoms with Gasteiger partial charge in [0.2, 0.25) is 5.91 Å². The number of nitrogens with one attached hydrogen (secondary N) is 1. The first-order chi connectivity index (χ1) is 19.4. The first kappa shape index (κ1) is 26.3. The van der Waals surface area contributed by atoms with Crippen LogP contribution in [0.3, 0.4) is 0 Å². The van der Waals surface area contributed by atoms with Crippen LogP contribution in [0.4, 0.5) is 0 Å². The van der Waals surface area contributed by atoms with Gasteiger partial charge in [0, 0.05) is 54.2 Å². The Bertz CT molecular complexity index is 1500. The van der Waals surface area contributed by atoms with Gasteiger partial charge < -0.3 is 15.0 Å². The van der Waals surface area contributed by atoms with E-state index in [4.69, 9.17) is 14.7 Å². The number of carbonyl (C=O) groups excluding carboxylic acids is 1. The molecule has 0 bridgehead atoms. The van der Waals surface area contributed by atoms with Crippen LogP contribution in [0.25, 0.3) is 22.2 Å². The Hall–Kier alpha value is -3.91. The van der Waals surface area contributed by atoms with Crippen molar-refractivity contribution in [2.24, 2.45) is 5.92 Å². The van der Waals surface area contributed by atoms with Gasteiger partial charge in [-0.25, -0.2) is 9.97 Å². The summed E-state index contributed by atoms with van der Waals surface area (Å²) in [5.41, 5.74) is 4.59. The summed E-state index contributed by atoms with van der Waals surface area (Å²) in [6, 6.07) is 16.0. The number of aromatic nitrogens is 4. The summed E-state index contributed by atoms with van der Waals surface area (Å²) in [5, 5.41) is 13.1. The zero-order valence-corrected chi connectivity index (χ0v) is 23.4. The van der Waals surface area contributed by atoms with Crippen molar-refractivity contribution in [3.05, 3.63) is 71.8 Å². The summed E-state index contributed by atoms with van der Waals surface area (Å²) in [6.45, 7) is 9.58. The van der Waals surface area contributed by atoms with Crippen molar-refractivity contribution >= 4 is 16.8 Å². The number of hydrogen-bond acceptors (Lipinski definition) is 7. The molecule has 2 saturated heterocycles. The van der Waals surface area contributed by atoms with Gasteiger partial charge in [0.25, 0.3) is 0 Å². The molecule has 8 nitrogen and oxygen atoms in total. The van der Waals surface area contributed by atoms with Gasteiger partial charge in [0.15, 0.2) is 0 Å². The summed E-state index contributed by atoms with van der Waals surface area (Å²) >= 11 is 0. The summed E-state index contributed by atoms with van der Waals surface area (Å²) in [4.78, 5) is 24.2. The average Bonchev–Trinajstić information content (AvgIpc) is 3.30. The number of amides is 1. The molecule has 0 unspecified atom stereocenters. The number of likely N-dealkylation sites (tertiary alicyclic amines) is 1. The van der Waals surface area contributed by atoms with Gasteiger partial charge in [-0.15, -0.1) is 0 Å². The molecule has 0 radical (unpaired) electrons. The molecule has 6 rings (SSSR count). The molecule has 0 saturated carbocycles. The Kier molecular flexibility index (Phi) is 7.43. The van der Waals surface area contributed by atoms with Gasteiger partial charge in [0.1, 0.15) is 17.3 Å². The SMILES string of the molecule is CC(C)c1ccc(-c2ccc(Oc3cc4nc(C5CCNCC5)ncc4cc3CN3C[C@@H](C)CC3=O)cc2)nn1. The molecule has 0 spiro atoms. The van der Waals surface area contributed by atoms with Gasteiger partial charge in [-0.3, -0.25) is 4.79 Å². The molecule has 2 aliphatic rings. The van der Waals surface area contributed by atoms with Crippen LogP contribution < -0.4 is 10.1 Å². The fourth-order valence-corrected chi connectivity index (χ4v) is 5.57. The topological polar surface area (TPSA) is 93.1 Å². The predicted molar refractivity (Wildman–Crippen MR) is 155 cm³/mol. The van der Waals surface area contributed by atoms with Crippen LogP contribution in [-0.2, 0) is 11.3 Å². The summed E-state index contributed by atoms with van der Waals surface area (Å²) in [5.74, 6) is 3.57. The van der Waals surface area contributed by atoms with E-state index in [1.54, 1.807) is 0 Å². The minimum Gasteiger partial charge on any atom is -0.457 e. The number of nitrogens with zero attached hydrogens (tertiary/aromatic N) is 5. The lowest BCUT2D eigenvalue weighted by molar-refractivity contribution is -0.128. The molecule has 2 fully saturated rings. The normalized spacial score (nSPS) is 18.1. The molecule has 206 valence electrons. The lowest BCUT2D eigenvalue weighted by Gasteiger charge is -2.22. The molecular weight excluding hydrogens is 500 g/mol. The maximum Gasteiger partial charge on any atom is 0.223 e. The molecule has 1 N–H and O–H groups in total. The maximum atomic E-state index is 12.6. The second-order valence-electron chi connectivity index (χ2n) is 11.5. The smallest absolute Gasteiger partial charge is 0.223 e. The largest absolute Gasteiger partial charge is 0.457 e. The van der Waals surface area contributed by atoms with E-state index in [-0.39, 0.29) is 5.91 Å². The van der Waals surface area contributed by atoms with E-state index in [0.29, 0.717) is 42.2 Å². The van der Waals surface area contributed by atoms with Gasteiger partial charge in [-0.05, 0) is 80.2 Å². The highest BCUT2D eigenvalue weighted by atomic mass is 16.5. The van der Waals surface area contributed by atoms with E-state index < -0.39 is 0 Å². The van der Waals surface area contributed by atoms with Crippen molar-refractivity contribution in [3.63, 3.8) is 0 Å². The number of rotatable bonds is 7. The minimum absolute atomic E-state index is 0.185. The molecule has 40 heavy (non-hydrogen) atoms. The van der Waals surface area contributed by atoms with E-state index in [2.05, 4.69) is 42.4 Å². The summed E-state index contributed by atoms with van der Waals surface area (Å²) < 4.78 is 6.47. The third-order valence-corrected chi connectivity index (χ3v) is 7.91. The standard InChI is InChI=1S/C32H36N6O2/c1-20(2)27-8-9-28(37-36-27)22-4-6-26(7-5-22)40-30-16-29-24(15-25(30)19-38-18-21(3)14-31(38)39)17-34-32(35-29)23-10-12-33-13-11-23/h4-9,15-17,20-21,23,33H,10-14,18-19H2,1-3H3/t21-/m0/s1. The highest BCUT2D eigenvalue weighted by Gasteiger charge is 2.27. The minimum atomic E-state index is 0.185. The lowest BCUT2D eigenvalue weighted by Crippen LogP contribution is -2.27. The highest BCUT2D eigenvalue weighted by Crippen LogP contribution is 2.34. The van der Waals surface area contributed by atoms with E-state index in [9.17, 15) is 4.79 Å². The number of ether oxygens (including phenoxy) is 1. The molecule has 8 heteroatoms. The van der Waals surface area contributed by atoms with Crippen molar-refractivity contribution < 1.29 is 9.53 Å². The Morgan fingerprint density at radius 3 is 2.52 bits per heavy atom. The molecule has 1 amide bonds. The Labute approximate surface area is 235 Å². The van der Waals surface area contributed by atoms with Crippen molar-refractivity contribution in [1.29, 1.82) is 0 Å². The second kappa shape index (κ2) is 11.3. The fourth-order valence-electron chi connectivity index (χ4n) is 5.57. The van der Waals surface area contributed by atoms with Crippen molar-refractivity contribution in [3.8, 4) is 22.8 Å². The maximum absolute atomic E-state index is 12.6. The van der Waals surface area contributed by atoms with Gasteiger partial charge in [-0.2, -0.15) is 10.2 Å². The van der Waals surface area contributed by atoms with Crippen LogP contribution in [0.1, 0.15) is 69.0 Å². The third kappa shape index (κ3) is 5.68. The summed E-state index contributed by atoms with van der Waals surface area (Å²) in [6.07, 6.45) is 4.59. The zero-order chi connectivity index (χ0) is 27.6. The van der Waals surface area contributed by atoms with Crippen molar-refractivity contribution in [2.45, 2.75) is 58.4 Å². The van der Waals surface area contributed by atoms with E-state index in [1.807, 2.05) is 53.6 Å². The number of fused-ring (bicyclic) bond motifs is 1.